The van der Waals surface area contributed by atoms with E-state index in [4.69, 9.17) is 4.42 Å². The lowest BCUT2D eigenvalue weighted by molar-refractivity contribution is -0.383. The summed E-state index contributed by atoms with van der Waals surface area (Å²) in [5, 5.41) is 11.5. The second-order valence-corrected chi connectivity index (χ2v) is 4.61. The summed E-state index contributed by atoms with van der Waals surface area (Å²) < 4.78 is 5.45. The predicted molar refractivity (Wildman–Crippen MR) is 76.5 cm³/mol. The van der Waals surface area contributed by atoms with Crippen molar-refractivity contribution < 1.29 is 14.1 Å². The molecule has 0 bridgehead atoms. The molecule has 0 saturated heterocycles. The van der Waals surface area contributed by atoms with Crippen molar-refractivity contribution in [1.82, 2.24) is 4.98 Å². The molecule has 0 fully saturated rings. The van der Waals surface area contributed by atoms with Gasteiger partial charge in [0.25, 0.3) is 5.69 Å². The van der Waals surface area contributed by atoms with Crippen LogP contribution < -0.4 is 0 Å². The van der Waals surface area contributed by atoms with Crippen molar-refractivity contribution in [1.29, 1.82) is 0 Å². The van der Waals surface area contributed by atoms with E-state index >= 15 is 0 Å². The van der Waals surface area contributed by atoms with Gasteiger partial charge < -0.3 is 9.40 Å². The van der Waals surface area contributed by atoms with E-state index in [1.165, 1.54) is 12.3 Å². The number of para-hydroxylation sites is 1. The quantitative estimate of drug-likeness (QED) is 0.451. The fraction of sp³-hybridized carbons (Fsp3) is 0.133. The van der Waals surface area contributed by atoms with Gasteiger partial charge in [0.1, 0.15) is 11.3 Å². The molecule has 0 unspecified atom stereocenters. The van der Waals surface area contributed by atoms with Crippen LogP contribution in [0.4, 0.5) is 5.69 Å². The molecule has 0 aliphatic heterocycles. The lowest BCUT2D eigenvalue weighted by atomic mass is 10.1. The Labute approximate surface area is 119 Å². The molecule has 3 aromatic rings. The first-order valence-electron chi connectivity index (χ1n) is 6.49. The number of benzene rings is 1. The number of fused-ring (bicyclic) bond motifs is 1. The van der Waals surface area contributed by atoms with Gasteiger partial charge in [-0.3, -0.25) is 14.9 Å². The van der Waals surface area contributed by atoms with E-state index in [0.29, 0.717) is 22.9 Å². The molecule has 21 heavy (non-hydrogen) atoms. The van der Waals surface area contributed by atoms with Gasteiger partial charge in [0.05, 0.1) is 10.5 Å². The van der Waals surface area contributed by atoms with Crippen LogP contribution in [-0.2, 0) is 6.42 Å². The molecule has 3 rings (SSSR count). The number of nitrogens with one attached hydrogen (secondary N) is 1. The van der Waals surface area contributed by atoms with Gasteiger partial charge in [-0.25, -0.2) is 0 Å². The number of non-ortho nitro benzene ring substituents is 1. The third-order valence-corrected chi connectivity index (χ3v) is 3.37. The van der Waals surface area contributed by atoms with Crippen molar-refractivity contribution in [2.24, 2.45) is 0 Å². The second-order valence-electron chi connectivity index (χ2n) is 4.61. The average Bonchev–Trinajstić information content (AvgIpc) is 3.12. The number of H-pyrrole nitrogens is 1. The van der Waals surface area contributed by atoms with Gasteiger partial charge >= 0.3 is 0 Å². The van der Waals surface area contributed by atoms with Gasteiger partial charge in [-0.1, -0.05) is 19.1 Å². The molecule has 0 radical (unpaired) electrons. The van der Waals surface area contributed by atoms with E-state index in [0.717, 1.165) is 5.76 Å². The van der Waals surface area contributed by atoms with Crippen LogP contribution in [0.15, 0.2) is 40.9 Å². The number of aromatic amines is 1. The van der Waals surface area contributed by atoms with E-state index in [1.54, 1.807) is 24.3 Å². The topological polar surface area (TPSA) is 89.1 Å². The van der Waals surface area contributed by atoms with Crippen LogP contribution in [0.1, 0.15) is 28.8 Å². The lowest BCUT2D eigenvalue weighted by Gasteiger charge is -1.97. The largest absolute Gasteiger partial charge is 0.458 e. The summed E-state index contributed by atoms with van der Waals surface area (Å²) >= 11 is 0. The number of carbonyl (C=O) groups excluding carboxylic acids is 1. The molecule has 0 amide bonds. The number of nitro benzene ring substituents is 1. The molecule has 106 valence electrons. The Morgan fingerprint density at radius 1 is 1.33 bits per heavy atom. The average molecular weight is 284 g/mol. The number of nitrogens with zero attached hydrogens (tertiary/aromatic N) is 1. The normalized spacial score (nSPS) is 10.9. The summed E-state index contributed by atoms with van der Waals surface area (Å²) in [6.07, 6.45) is 2.18. The molecule has 6 nitrogen and oxygen atoms in total. The number of aryl methyl sites for hydroxylation is 1. The van der Waals surface area contributed by atoms with E-state index < -0.39 is 4.92 Å². The van der Waals surface area contributed by atoms with Crippen LogP contribution in [0, 0.1) is 10.1 Å². The van der Waals surface area contributed by atoms with Crippen molar-refractivity contribution in [2.75, 3.05) is 0 Å². The molecule has 2 aromatic heterocycles. The number of hydrogen-bond donors (Lipinski definition) is 1. The summed E-state index contributed by atoms with van der Waals surface area (Å²) in [5.74, 6) is 0.671. The van der Waals surface area contributed by atoms with Crippen LogP contribution >= 0.6 is 0 Å². The Balaban J connectivity index is 2.11. The zero-order chi connectivity index (χ0) is 15.0. The van der Waals surface area contributed by atoms with Crippen LogP contribution in [0.25, 0.3) is 10.9 Å². The third kappa shape index (κ3) is 2.10. The van der Waals surface area contributed by atoms with Gasteiger partial charge in [-0.05, 0) is 12.1 Å². The standard InChI is InChI=1S/C15H12N2O4/c1-2-9-6-7-13(21-9)15(18)11-8-16-14-10(11)4-3-5-12(14)17(19)20/h3-8,16H,2H2,1H3. The Bertz CT molecular complexity index is 844. The summed E-state index contributed by atoms with van der Waals surface area (Å²) in [5.41, 5.74) is 0.652. The minimum absolute atomic E-state index is 0.0553. The minimum Gasteiger partial charge on any atom is -0.458 e. The number of furan rings is 1. The SMILES string of the molecule is CCc1ccc(C(=O)c2c[nH]c3c([N+](=O)[O-])cccc23)o1. The van der Waals surface area contributed by atoms with Crippen LogP contribution in [0.5, 0.6) is 0 Å². The first kappa shape index (κ1) is 13.1. The highest BCUT2D eigenvalue weighted by Gasteiger charge is 2.21. The van der Waals surface area contributed by atoms with Gasteiger partial charge in [-0.15, -0.1) is 0 Å². The number of nitro groups is 1. The maximum atomic E-state index is 12.4. The van der Waals surface area contributed by atoms with Crippen LogP contribution in [0.2, 0.25) is 0 Å². The van der Waals surface area contributed by atoms with Gasteiger partial charge in [0.2, 0.25) is 5.78 Å². The van der Waals surface area contributed by atoms with E-state index in [-0.39, 0.29) is 17.2 Å². The smallest absolute Gasteiger partial charge is 0.293 e. The molecule has 0 aliphatic rings. The Morgan fingerprint density at radius 2 is 2.14 bits per heavy atom. The van der Waals surface area contributed by atoms with Crippen molar-refractivity contribution >= 4 is 22.4 Å². The summed E-state index contributed by atoms with van der Waals surface area (Å²) in [6.45, 7) is 1.93. The number of carbonyl (C=O) groups is 1. The third-order valence-electron chi connectivity index (χ3n) is 3.37. The maximum Gasteiger partial charge on any atom is 0.293 e. The van der Waals surface area contributed by atoms with Crippen LogP contribution in [-0.4, -0.2) is 15.7 Å². The summed E-state index contributed by atoms with van der Waals surface area (Å²) in [6, 6.07) is 8.01. The lowest BCUT2D eigenvalue weighted by Crippen LogP contribution is -1.98. The van der Waals surface area contributed by atoms with Crippen molar-refractivity contribution in [3.05, 3.63) is 63.7 Å². The molecule has 1 N–H and O–H groups in total. The molecule has 0 saturated carbocycles. The number of hydrogen-bond acceptors (Lipinski definition) is 4. The molecule has 1 aromatic carbocycles. The molecule has 0 aliphatic carbocycles. The highest BCUT2D eigenvalue weighted by molar-refractivity contribution is 6.16. The Kier molecular flexibility index (Phi) is 3.06. The van der Waals surface area contributed by atoms with E-state index in [9.17, 15) is 14.9 Å². The second kappa shape index (κ2) is 4.90. The van der Waals surface area contributed by atoms with E-state index in [2.05, 4.69) is 4.98 Å². The van der Waals surface area contributed by atoms with Crippen molar-refractivity contribution in [3.63, 3.8) is 0 Å². The minimum atomic E-state index is -0.477. The maximum absolute atomic E-state index is 12.4. The molecule has 2 heterocycles. The first-order chi connectivity index (χ1) is 10.1. The Morgan fingerprint density at radius 3 is 2.81 bits per heavy atom. The number of rotatable bonds is 4. The molecule has 0 atom stereocenters. The highest BCUT2D eigenvalue weighted by atomic mass is 16.6. The Hall–Kier alpha value is -2.89. The van der Waals surface area contributed by atoms with Gasteiger partial charge in [0, 0.05) is 24.1 Å². The molecule has 0 spiro atoms. The summed E-state index contributed by atoms with van der Waals surface area (Å²) in [7, 11) is 0. The fourth-order valence-corrected chi connectivity index (χ4v) is 2.30. The number of aromatic nitrogens is 1. The van der Waals surface area contributed by atoms with Crippen molar-refractivity contribution in [3.8, 4) is 0 Å². The predicted octanol–water partition coefficient (Wildman–Crippen LogP) is 3.46. The van der Waals surface area contributed by atoms with Crippen molar-refractivity contribution in [2.45, 2.75) is 13.3 Å². The van der Waals surface area contributed by atoms with Gasteiger partial charge in [-0.2, -0.15) is 0 Å². The van der Waals surface area contributed by atoms with Crippen LogP contribution in [0.3, 0.4) is 0 Å². The van der Waals surface area contributed by atoms with E-state index in [1.807, 2.05) is 6.92 Å². The molecule has 6 heteroatoms. The first-order valence-corrected chi connectivity index (χ1v) is 6.49. The fourth-order valence-electron chi connectivity index (χ4n) is 2.30. The zero-order valence-electron chi connectivity index (χ0n) is 11.3. The zero-order valence-corrected chi connectivity index (χ0v) is 11.3. The molecular weight excluding hydrogens is 272 g/mol. The monoisotopic (exact) mass is 284 g/mol. The molecular formula is C15H12N2O4. The van der Waals surface area contributed by atoms with Gasteiger partial charge in [0.15, 0.2) is 5.76 Å². The summed E-state index contributed by atoms with van der Waals surface area (Å²) in [4.78, 5) is 25.8. The number of ketones is 1. The highest BCUT2D eigenvalue weighted by Crippen LogP contribution is 2.28.